The monoisotopic (exact) mass is 704 g/mol. The molecule has 2 aliphatic heterocycles. The summed E-state index contributed by atoms with van der Waals surface area (Å²) in [6.07, 6.45) is 13.4. The van der Waals surface area contributed by atoms with Crippen LogP contribution < -0.4 is 9.47 Å². The fourth-order valence-electron chi connectivity index (χ4n) is 5.54. The minimum Gasteiger partial charge on any atom is -0.494 e. The Kier molecular flexibility index (Phi) is 15.3. The van der Waals surface area contributed by atoms with Crippen LogP contribution in [0.2, 0.25) is 0 Å². The van der Waals surface area contributed by atoms with Crippen LogP contribution >= 0.6 is 0 Å². The molecule has 8 nitrogen and oxygen atoms in total. The van der Waals surface area contributed by atoms with Gasteiger partial charge in [0.1, 0.15) is 23.7 Å². The largest absolute Gasteiger partial charge is 0.494 e. The van der Waals surface area contributed by atoms with Gasteiger partial charge in [-0.1, -0.05) is 37.1 Å². The van der Waals surface area contributed by atoms with Gasteiger partial charge < -0.3 is 28.4 Å². The van der Waals surface area contributed by atoms with E-state index in [1.807, 2.05) is 85.2 Å². The van der Waals surface area contributed by atoms with Gasteiger partial charge in [0, 0.05) is 25.6 Å². The maximum Gasteiger partial charge on any atom is 0.119 e. The third kappa shape index (κ3) is 14.4. The van der Waals surface area contributed by atoms with E-state index in [1.165, 1.54) is 0 Å². The van der Waals surface area contributed by atoms with Gasteiger partial charge >= 0.3 is 0 Å². The van der Waals surface area contributed by atoms with Crippen molar-refractivity contribution in [3.63, 3.8) is 0 Å². The van der Waals surface area contributed by atoms with Crippen molar-refractivity contribution in [2.24, 2.45) is 9.98 Å². The van der Waals surface area contributed by atoms with Gasteiger partial charge in [0.25, 0.3) is 0 Å². The Morgan fingerprint density at radius 3 is 1.19 bits per heavy atom. The Bertz CT molecular complexity index is 1510. The summed E-state index contributed by atoms with van der Waals surface area (Å²) < 4.78 is 33.3. The van der Waals surface area contributed by atoms with Crippen LogP contribution in [0, 0.1) is 0 Å². The highest BCUT2D eigenvalue weighted by Gasteiger charge is 2.22. The van der Waals surface area contributed by atoms with Crippen molar-refractivity contribution < 1.29 is 28.4 Å². The average Bonchev–Trinajstić information content (AvgIpc) is 4.14. The molecule has 0 amide bonds. The Balaban J connectivity index is 0.845. The molecule has 2 heterocycles. The maximum atomic E-state index is 5.91. The van der Waals surface area contributed by atoms with Gasteiger partial charge in [0.2, 0.25) is 0 Å². The molecule has 4 aromatic rings. The van der Waals surface area contributed by atoms with E-state index >= 15 is 0 Å². The van der Waals surface area contributed by atoms with Gasteiger partial charge in [-0.3, -0.25) is 9.98 Å². The average molecular weight is 705 g/mol. The zero-order chi connectivity index (χ0) is 35.5. The summed E-state index contributed by atoms with van der Waals surface area (Å²) >= 11 is 0. The molecule has 0 bridgehead atoms. The zero-order valence-corrected chi connectivity index (χ0v) is 30.2. The van der Waals surface area contributed by atoms with Crippen molar-refractivity contribution in [3.05, 3.63) is 108 Å². The SMILES string of the molecule is C(=Nc1ccc(-c2ccc(N=Cc3ccc(OCCCCCCOCC4CO4)cc3)cc2)cc1)c1ccc(OCCCCCCOCC2CO2)cc1. The summed E-state index contributed by atoms with van der Waals surface area (Å²) in [6.45, 7) is 6.31. The first kappa shape index (κ1) is 37.4. The molecule has 6 rings (SSSR count). The van der Waals surface area contributed by atoms with Crippen molar-refractivity contribution in [2.75, 3.05) is 52.9 Å². The predicted molar refractivity (Wildman–Crippen MR) is 208 cm³/mol. The van der Waals surface area contributed by atoms with Crippen LogP contribution in [0.4, 0.5) is 11.4 Å². The van der Waals surface area contributed by atoms with E-state index in [4.69, 9.17) is 28.4 Å². The van der Waals surface area contributed by atoms with E-state index in [0.29, 0.717) is 12.2 Å². The molecule has 274 valence electrons. The molecule has 2 fully saturated rings. The third-order valence-electron chi connectivity index (χ3n) is 8.87. The Morgan fingerprint density at radius 2 is 0.827 bits per heavy atom. The molecule has 2 atom stereocenters. The molecule has 2 aliphatic rings. The molecule has 2 unspecified atom stereocenters. The van der Waals surface area contributed by atoms with Crippen molar-refractivity contribution in [3.8, 4) is 22.6 Å². The van der Waals surface area contributed by atoms with Crippen LogP contribution in [0.25, 0.3) is 11.1 Å². The normalized spacial score (nSPS) is 16.5. The van der Waals surface area contributed by atoms with E-state index in [-0.39, 0.29) is 0 Å². The first-order chi connectivity index (χ1) is 25.8. The van der Waals surface area contributed by atoms with E-state index in [9.17, 15) is 0 Å². The number of nitrogens with zero attached hydrogens (tertiary/aromatic N) is 2. The van der Waals surface area contributed by atoms with Gasteiger partial charge in [-0.15, -0.1) is 0 Å². The number of hydrogen-bond acceptors (Lipinski definition) is 8. The second-order valence-corrected chi connectivity index (χ2v) is 13.3. The summed E-state index contributed by atoms with van der Waals surface area (Å²) in [6, 6.07) is 32.8. The lowest BCUT2D eigenvalue weighted by Gasteiger charge is -2.07. The van der Waals surface area contributed by atoms with Gasteiger partial charge in [-0.2, -0.15) is 0 Å². The topological polar surface area (TPSA) is 86.7 Å². The number of benzene rings is 4. The molecule has 0 saturated carbocycles. The van der Waals surface area contributed by atoms with Crippen LogP contribution in [0.1, 0.15) is 62.5 Å². The number of unbranched alkanes of at least 4 members (excludes halogenated alkanes) is 6. The van der Waals surface area contributed by atoms with Crippen LogP contribution in [0.3, 0.4) is 0 Å². The van der Waals surface area contributed by atoms with Crippen molar-refractivity contribution in [1.82, 2.24) is 0 Å². The Morgan fingerprint density at radius 1 is 0.462 bits per heavy atom. The Hall–Kier alpha value is -4.34. The number of epoxide rings is 2. The second-order valence-electron chi connectivity index (χ2n) is 13.3. The third-order valence-corrected chi connectivity index (χ3v) is 8.87. The van der Waals surface area contributed by atoms with Crippen LogP contribution in [0.15, 0.2) is 107 Å². The quantitative estimate of drug-likeness (QED) is 0.0388. The lowest BCUT2D eigenvalue weighted by atomic mass is 10.1. The highest BCUT2D eigenvalue weighted by atomic mass is 16.6. The summed E-state index contributed by atoms with van der Waals surface area (Å²) in [5.74, 6) is 1.78. The van der Waals surface area contributed by atoms with Crippen molar-refractivity contribution in [1.29, 1.82) is 0 Å². The number of ether oxygens (including phenoxy) is 6. The zero-order valence-electron chi connectivity index (χ0n) is 30.2. The van der Waals surface area contributed by atoms with E-state index in [1.54, 1.807) is 0 Å². The number of rotatable bonds is 25. The predicted octanol–water partition coefficient (Wildman–Crippen LogP) is 9.56. The van der Waals surface area contributed by atoms with E-state index in [0.717, 1.165) is 149 Å². The molecular weight excluding hydrogens is 652 g/mol. The maximum absolute atomic E-state index is 5.91. The summed E-state index contributed by atoms with van der Waals surface area (Å²) in [4.78, 5) is 9.33. The molecule has 0 aromatic heterocycles. The summed E-state index contributed by atoms with van der Waals surface area (Å²) in [5, 5.41) is 0. The fraction of sp³-hybridized carbons (Fsp3) is 0.409. The second kappa shape index (κ2) is 21.2. The van der Waals surface area contributed by atoms with Gasteiger partial charge in [0.05, 0.1) is 51.0 Å². The molecule has 8 heteroatoms. The van der Waals surface area contributed by atoms with Crippen LogP contribution in [0.5, 0.6) is 11.5 Å². The fourth-order valence-corrected chi connectivity index (χ4v) is 5.54. The smallest absolute Gasteiger partial charge is 0.119 e. The highest BCUT2D eigenvalue weighted by Crippen LogP contribution is 2.25. The van der Waals surface area contributed by atoms with Gasteiger partial charge in [-0.25, -0.2) is 0 Å². The molecule has 52 heavy (non-hydrogen) atoms. The van der Waals surface area contributed by atoms with E-state index < -0.39 is 0 Å². The molecule has 0 aliphatic carbocycles. The lowest BCUT2D eigenvalue weighted by molar-refractivity contribution is 0.112. The molecule has 0 radical (unpaired) electrons. The summed E-state index contributed by atoms with van der Waals surface area (Å²) in [7, 11) is 0. The minimum absolute atomic E-state index is 0.355. The standard InChI is InChI=1S/C44H52N2O6/c1(5-25-47-31-43-33-51-43)3-7-27-49-41-21-9-35(10-22-41)29-45-39-17-13-37(14-18-39)38-15-19-40(20-16-38)46-30-36-11-23-42(24-12-36)50-28-8-4-2-6-26-48-32-44-34-52-44/h9-24,29-30,43-44H,1-8,25-28,31-34H2. The van der Waals surface area contributed by atoms with Crippen molar-refractivity contribution >= 4 is 23.8 Å². The molecule has 0 N–H and O–H groups in total. The molecule has 0 spiro atoms. The van der Waals surface area contributed by atoms with Crippen molar-refractivity contribution in [2.45, 2.75) is 63.6 Å². The van der Waals surface area contributed by atoms with Crippen LogP contribution in [-0.4, -0.2) is 77.5 Å². The van der Waals surface area contributed by atoms with Gasteiger partial charge in [-0.05, 0) is 134 Å². The highest BCUT2D eigenvalue weighted by molar-refractivity contribution is 5.83. The molecule has 2 saturated heterocycles. The first-order valence-electron chi connectivity index (χ1n) is 18.9. The van der Waals surface area contributed by atoms with Gasteiger partial charge in [0.15, 0.2) is 0 Å². The number of hydrogen-bond donors (Lipinski definition) is 0. The van der Waals surface area contributed by atoms with E-state index in [2.05, 4.69) is 34.3 Å². The lowest BCUT2D eigenvalue weighted by Crippen LogP contribution is -2.03. The molecule has 4 aromatic carbocycles. The first-order valence-corrected chi connectivity index (χ1v) is 18.9. The van der Waals surface area contributed by atoms with Crippen LogP contribution in [-0.2, 0) is 18.9 Å². The number of aliphatic imine (C=N–C) groups is 2. The molecular formula is C44H52N2O6. The minimum atomic E-state index is 0.355. The Labute approximate surface area is 308 Å². The summed E-state index contributed by atoms with van der Waals surface area (Å²) in [5.41, 5.74) is 6.16.